The molecule has 0 saturated carbocycles. The number of nitrogens with one attached hydrogen (secondary N) is 1. The molecule has 2 aromatic carbocycles. The summed E-state index contributed by atoms with van der Waals surface area (Å²) in [5.74, 6) is -0.490. The maximum absolute atomic E-state index is 13.1. The fraction of sp³-hybridized carbons (Fsp3) is 0.235. The Hall–Kier alpha value is -2.40. The van der Waals surface area contributed by atoms with Gasteiger partial charge in [-0.25, -0.2) is 4.39 Å². The molecule has 0 aliphatic carbocycles. The molecule has 0 aliphatic heterocycles. The lowest BCUT2D eigenvalue weighted by Crippen LogP contribution is -2.39. The molecule has 0 bridgehead atoms. The van der Waals surface area contributed by atoms with Crippen LogP contribution in [0.5, 0.6) is 5.75 Å². The lowest BCUT2D eigenvalue weighted by molar-refractivity contribution is -0.121. The summed E-state index contributed by atoms with van der Waals surface area (Å²) in [7, 11) is 0. The molecule has 0 heterocycles. The van der Waals surface area contributed by atoms with Crippen molar-refractivity contribution in [3.63, 3.8) is 0 Å². The highest BCUT2D eigenvalue weighted by molar-refractivity contribution is 5.78. The number of aliphatic hydroxyl groups is 1. The quantitative estimate of drug-likeness (QED) is 0.762. The van der Waals surface area contributed by atoms with Crippen LogP contribution in [-0.2, 0) is 17.6 Å². The first-order chi connectivity index (χ1) is 10.6. The van der Waals surface area contributed by atoms with E-state index in [0.717, 1.165) is 5.56 Å². The van der Waals surface area contributed by atoms with E-state index in [4.69, 9.17) is 0 Å². The summed E-state index contributed by atoms with van der Waals surface area (Å²) in [6.07, 6.45) is 0.509. The average Bonchev–Trinajstić information content (AvgIpc) is 2.48. The van der Waals surface area contributed by atoms with Crippen molar-refractivity contribution >= 4 is 5.91 Å². The van der Waals surface area contributed by atoms with E-state index < -0.39 is 6.04 Å². The second-order valence-corrected chi connectivity index (χ2v) is 5.12. The molecular weight excluding hydrogens is 285 g/mol. The summed E-state index contributed by atoms with van der Waals surface area (Å²) in [5, 5.41) is 21.3. The van der Waals surface area contributed by atoms with Crippen molar-refractivity contribution < 1.29 is 19.4 Å². The monoisotopic (exact) mass is 303 g/mol. The topological polar surface area (TPSA) is 69.6 Å². The summed E-state index contributed by atoms with van der Waals surface area (Å²) in [5.41, 5.74) is 1.47. The average molecular weight is 303 g/mol. The minimum atomic E-state index is -0.425. The summed E-state index contributed by atoms with van der Waals surface area (Å²) in [6.45, 7) is -0.199. The number of carbonyl (C=O) groups is 1. The smallest absolute Gasteiger partial charge is 0.224 e. The van der Waals surface area contributed by atoms with Crippen LogP contribution >= 0.6 is 0 Å². The van der Waals surface area contributed by atoms with Crippen LogP contribution in [0.4, 0.5) is 4.39 Å². The molecule has 0 aliphatic rings. The van der Waals surface area contributed by atoms with Gasteiger partial charge in [-0.15, -0.1) is 0 Å². The van der Waals surface area contributed by atoms with E-state index in [-0.39, 0.29) is 30.5 Å². The first-order valence-electron chi connectivity index (χ1n) is 6.99. The van der Waals surface area contributed by atoms with Crippen molar-refractivity contribution in [2.45, 2.75) is 18.9 Å². The summed E-state index contributed by atoms with van der Waals surface area (Å²) >= 11 is 0. The van der Waals surface area contributed by atoms with E-state index in [0.29, 0.717) is 12.0 Å². The van der Waals surface area contributed by atoms with Crippen LogP contribution in [-0.4, -0.2) is 28.8 Å². The molecule has 0 unspecified atom stereocenters. The maximum atomic E-state index is 13.1. The second kappa shape index (κ2) is 7.56. The Morgan fingerprint density at radius 3 is 2.50 bits per heavy atom. The number of carbonyl (C=O) groups excluding carboxylic acids is 1. The molecule has 1 amide bonds. The Labute approximate surface area is 128 Å². The van der Waals surface area contributed by atoms with E-state index in [1.165, 1.54) is 12.1 Å². The number of phenolic OH excluding ortho intramolecular Hbond substituents is 1. The molecule has 0 spiro atoms. The first kappa shape index (κ1) is 16.0. The van der Waals surface area contributed by atoms with Crippen LogP contribution in [0, 0.1) is 5.82 Å². The molecular formula is C17H18FNO3. The molecule has 3 N–H and O–H groups in total. The number of phenols is 1. The van der Waals surface area contributed by atoms with Gasteiger partial charge in [-0.05, 0) is 41.8 Å². The first-order valence-corrected chi connectivity index (χ1v) is 6.99. The molecule has 116 valence electrons. The zero-order chi connectivity index (χ0) is 15.9. The number of aliphatic hydroxyl groups excluding tert-OH is 1. The normalized spacial score (nSPS) is 11.9. The molecule has 22 heavy (non-hydrogen) atoms. The molecule has 5 heteroatoms. The van der Waals surface area contributed by atoms with Gasteiger partial charge < -0.3 is 15.5 Å². The van der Waals surface area contributed by atoms with Crippen molar-refractivity contribution in [1.29, 1.82) is 0 Å². The number of hydrogen-bond donors (Lipinski definition) is 3. The van der Waals surface area contributed by atoms with Gasteiger partial charge in [0.05, 0.1) is 19.1 Å². The number of halogens is 1. The zero-order valence-corrected chi connectivity index (χ0v) is 12.0. The number of benzene rings is 2. The number of rotatable bonds is 6. The Bertz CT molecular complexity index is 628. The summed E-state index contributed by atoms with van der Waals surface area (Å²) < 4.78 is 13.1. The molecule has 0 fully saturated rings. The lowest BCUT2D eigenvalue weighted by Gasteiger charge is -2.16. The lowest BCUT2D eigenvalue weighted by atomic mass is 10.1. The third kappa shape index (κ3) is 4.86. The SMILES string of the molecule is O=C(Cc1cccc(F)c1)N[C@H](CO)Cc1ccc(O)cc1. The number of hydrogen-bond acceptors (Lipinski definition) is 3. The Kier molecular flexibility index (Phi) is 5.49. The van der Waals surface area contributed by atoms with Crippen molar-refractivity contribution in [3.05, 3.63) is 65.5 Å². The summed E-state index contributed by atoms with van der Waals surface area (Å²) in [6, 6.07) is 12.0. The fourth-order valence-electron chi connectivity index (χ4n) is 2.19. The van der Waals surface area contributed by atoms with Crippen LogP contribution in [0.2, 0.25) is 0 Å². The van der Waals surface area contributed by atoms with E-state index in [1.807, 2.05) is 0 Å². The van der Waals surface area contributed by atoms with Gasteiger partial charge in [-0.1, -0.05) is 24.3 Å². The fourth-order valence-corrected chi connectivity index (χ4v) is 2.19. The third-order valence-electron chi connectivity index (χ3n) is 3.26. The standard InChI is InChI=1S/C17H18FNO3/c18-14-3-1-2-13(8-14)10-17(22)19-15(11-20)9-12-4-6-16(21)7-5-12/h1-8,15,20-21H,9-11H2,(H,19,22)/t15-/m0/s1. The minimum absolute atomic E-state index is 0.0594. The Morgan fingerprint density at radius 1 is 1.14 bits per heavy atom. The van der Waals surface area contributed by atoms with Crippen LogP contribution in [0.15, 0.2) is 48.5 Å². The van der Waals surface area contributed by atoms with E-state index in [2.05, 4.69) is 5.32 Å². The highest BCUT2D eigenvalue weighted by Crippen LogP contribution is 2.11. The predicted octanol–water partition coefficient (Wildman–Crippen LogP) is 1.79. The van der Waals surface area contributed by atoms with Gasteiger partial charge >= 0.3 is 0 Å². The highest BCUT2D eigenvalue weighted by Gasteiger charge is 2.13. The number of aromatic hydroxyl groups is 1. The molecule has 0 radical (unpaired) electrons. The maximum Gasteiger partial charge on any atom is 0.224 e. The minimum Gasteiger partial charge on any atom is -0.508 e. The molecule has 0 aromatic heterocycles. The van der Waals surface area contributed by atoms with Gasteiger partial charge in [0.1, 0.15) is 11.6 Å². The van der Waals surface area contributed by atoms with Crippen molar-refractivity contribution in [2.24, 2.45) is 0 Å². The van der Waals surface area contributed by atoms with Gasteiger partial charge in [0.2, 0.25) is 5.91 Å². The highest BCUT2D eigenvalue weighted by atomic mass is 19.1. The van der Waals surface area contributed by atoms with Crippen molar-refractivity contribution in [2.75, 3.05) is 6.61 Å². The van der Waals surface area contributed by atoms with E-state index >= 15 is 0 Å². The number of amides is 1. The summed E-state index contributed by atoms with van der Waals surface area (Å²) in [4.78, 5) is 12.0. The molecule has 4 nitrogen and oxygen atoms in total. The zero-order valence-electron chi connectivity index (χ0n) is 12.0. The van der Waals surface area contributed by atoms with Crippen molar-refractivity contribution in [1.82, 2.24) is 5.32 Å². The van der Waals surface area contributed by atoms with Gasteiger partial charge in [-0.2, -0.15) is 0 Å². The Morgan fingerprint density at radius 2 is 1.86 bits per heavy atom. The van der Waals surface area contributed by atoms with Crippen LogP contribution in [0.1, 0.15) is 11.1 Å². The Balaban J connectivity index is 1.91. The largest absolute Gasteiger partial charge is 0.508 e. The van der Waals surface area contributed by atoms with E-state index in [9.17, 15) is 19.4 Å². The van der Waals surface area contributed by atoms with Crippen LogP contribution < -0.4 is 5.32 Å². The van der Waals surface area contributed by atoms with Crippen LogP contribution in [0.25, 0.3) is 0 Å². The molecule has 1 atom stereocenters. The van der Waals surface area contributed by atoms with Crippen molar-refractivity contribution in [3.8, 4) is 5.75 Å². The molecule has 2 aromatic rings. The predicted molar refractivity (Wildman–Crippen MR) is 80.9 cm³/mol. The van der Waals surface area contributed by atoms with Gasteiger partial charge in [0, 0.05) is 0 Å². The van der Waals surface area contributed by atoms with Gasteiger partial charge in [0.25, 0.3) is 0 Å². The van der Waals surface area contributed by atoms with Gasteiger partial charge in [-0.3, -0.25) is 4.79 Å². The third-order valence-corrected chi connectivity index (χ3v) is 3.26. The molecule has 2 rings (SSSR count). The van der Waals surface area contributed by atoms with E-state index in [1.54, 1.807) is 36.4 Å². The molecule has 0 saturated heterocycles. The van der Waals surface area contributed by atoms with Gasteiger partial charge in [0.15, 0.2) is 0 Å². The second-order valence-electron chi connectivity index (χ2n) is 5.12. The van der Waals surface area contributed by atoms with Crippen LogP contribution in [0.3, 0.4) is 0 Å².